The lowest BCUT2D eigenvalue weighted by Gasteiger charge is -2.35. The molecule has 2 rings (SSSR count). The summed E-state index contributed by atoms with van der Waals surface area (Å²) in [5.41, 5.74) is 9.71. The molecule has 0 aromatic heterocycles. The van der Waals surface area contributed by atoms with Crippen LogP contribution in [0, 0.1) is 5.92 Å². The van der Waals surface area contributed by atoms with Crippen LogP contribution in [0.15, 0.2) is 18.2 Å². The van der Waals surface area contributed by atoms with Crippen LogP contribution >= 0.6 is 0 Å². The van der Waals surface area contributed by atoms with Gasteiger partial charge in [0.2, 0.25) is 0 Å². The van der Waals surface area contributed by atoms with E-state index in [0.29, 0.717) is 6.61 Å². The fraction of sp³-hybridized carbons (Fsp3) is 0.696. The lowest BCUT2D eigenvalue weighted by Crippen LogP contribution is -2.54. The molecule has 0 aliphatic heterocycles. The molecule has 0 amide bonds. The van der Waals surface area contributed by atoms with Gasteiger partial charge in [-0.2, -0.15) is 0 Å². The van der Waals surface area contributed by atoms with E-state index in [1.807, 2.05) is 13.8 Å². The number of esters is 1. The Morgan fingerprint density at radius 2 is 1.88 bits per heavy atom. The summed E-state index contributed by atoms with van der Waals surface area (Å²) in [6, 6.07) is 6.91. The zero-order chi connectivity index (χ0) is 19.0. The first-order chi connectivity index (χ1) is 12.5. The first kappa shape index (κ1) is 21.0. The summed E-state index contributed by atoms with van der Waals surface area (Å²) in [6.07, 6.45) is 12.1. The Bertz CT molecular complexity index is 580. The van der Waals surface area contributed by atoms with Crippen molar-refractivity contribution in [3.05, 3.63) is 34.9 Å². The molecule has 2 N–H and O–H groups in total. The number of fused-ring (bicyclic) bond motifs is 1. The van der Waals surface area contributed by atoms with Crippen LogP contribution in [0.5, 0.6) is 0 Å². The lowest BCUT2D eigenvalue weighted by molar-refractivity contribution is -0.151. The second-order valence-electron chi connectivity index (χ2n) is 8.06. The summed E-state index contributed by atoms with van der Waals surface area (Å²) in [5, 5.41) is 0. The number of rotatable bonds is 10. The quantitative estimate of drug-likeness (QED) is 0.474. The zero-order valence-corrected chi connectivity index (χ0v) is 17.0. The number of carbonyl (C=O) groups excluding carboxylic acids is 1. The van der Waals surface area contributed by atoms with E-state index in [-0.39, 0.29) is 11.9 Å². The maximum atomic E-state index is 12.2. The summed E-state index contributed by atoms with van der Waals surface area (Å²) in [6.45, 7) is 6.30. The van der Waals surface area contributed by atoms with E-state index in [9.17, 15) is 4.79 Å². The van der Waals surface area contributed by atoms with E-state index in [2.05, 4.69) is 25.1 Å². The van der Waals surface area contributed by atoms with Crippen molar-refractivity contribution in [3.8, 4) is 0 Å². The summed E-state index contributed by atoms with van der Waals surface area (Å²) in [4.78, 5) is 12.2. The number of hydrogen-bond acceptors (Lipinski definition) is 3. The minimum atomic E-state index is -0.898. The van der Waals surface area contributed by atoms with Crippen molar-refractivity contribution in [1.29, 1.82) is 0 Å². The van der Waals surface area contributed by atoms with Crippen LogP contribution in [0.2, 0.25) is 0 Å². The molecular formula is C23H37NO2. The van der Waals surface area contributed by atoms with Gasteiger partial charge in [0.15, 0.2) is 0 Å². The molecule has 3 heteroatoms. The first-order valence-electron chi connectivity index (χ1n) is 10.6. The normalized spacial score (nSPS) is 18.8. The van der Waals surface area contributed by atoms with Crippen LogP contribution in [0.4, 0.5) is 0 Å². The van der Waals surface area contributed by atoms with E-state index >= 15 is 0 Å². The molecule has 0 saturated heterocycles. The number of benzene rings is 1. The van der Waals surface area contributed by atoms with Crippen molar-refractivity contribution in [2.24, 2.45) is 11.7 Å². The van der Waals surface area contributed by atoms with Crippen LogP contribution in [0.25, 0.3) is 0 Å². The third-order valence-electron chi connectivity index (χ3n) is 5.88. The minimum absolute atomic E-state index is 0.151. The molecule has 146 valence electrons. The highest BCUT2D eigenvalue weighted by atomic mass is 16.5. The molecule has 1 aromatic carbocycles. The molecule has 26 heavy (non-hydrogen) atoms. The van der Waals surface area contributed by atoms with Gasteiger partial charge in [-0.05, 0) is 68.6 Å². The molecule has 3 nitrogen and oxygen atoms in total. The predicted molar refractivity (Wildman–Crippen MR) is 108 cm³/mol. The zero-order valence-electron chi connectivity index (χ0n) is 17.0. The Balaban J connectivity index is 1.89. The number of ether oxygens (including phenoxy) is 1. The average Bonchev–Trinajstić information content (AvgIpc) is 2.64. The molecule has 1 aliphatic rings. The highest BCUT2D eigenvalue weighted by Crippen LogP contribution is 2.33. The summed E-state index contributed by atoms with van der Waals surface area (Å²) in [7, 11) is 0. The van der Waals surface area contributed by atoms with Crippen molar-refractivity contribution >= 4 is 5.97 Å². The molecule has 0 spiro atoms. The Labute approximate surface area is 159 Å². The summed E-state index contributed by atoms with van der Waals surface area (Å²) in [5.74, 6) is -0.119. The van der Waals surface area contributed by atoms with Gasteiger partial charge in [0.25, 0.3) is 0 Å². The first-order valence-corrected chi connectivity index (χ1v) is 10.6. The second-order valence-corrected chi connectivity index (χ2v) is 8.06. The van der Waals surface area contributed by atoms with Crippen LogP contribution in [0.1, 0.15) is 82.4 Å². The van der Waals surface area contributed by atoms with Gasteiger partial charge >= 0.3 is 5.97 Å². The lowest BCUT2D eigenvalue weighted by atomic mass is 9.73. The van der Waals surface area contributed by atoms with Gasteiger partial charge in [-0.25, -0.2) is 0 Å². The van der Waals surface area contributed by atoms with E-state index in [1.54, 1.807) is 0 Å². The maximum Gasteiger partial charge on any atom is 0.326 e. The van der Waals surface area contributed by atoms with Gasteiger partial charge in [0.1, 0.15) is 5.54 Å². The SMILES string of the molecule is CCCCCCCCc1ccc2c(c1)CCC(C(C)(N)C(=O)OCC)C2. The molecule has 1 aromatic rings. The molecule has 0 heterocycles. The largest absolute Gasteiger partial charge is 0.465 e. The highest BCUT2D eigenvalue weighted by molar-refractivity contribution is 5.80. The molecule has 0 saturated carbocycles. The molecule has 2 atom stereocenters. The standard InChI is InChI=1S/C23H37NO2/c1-4-6-7-8-9-10-11-18-12-13-20-17-21(15-14-19(20)16-18)23(3,24)22(25)26-5-2/h12-13,16,21H,4-11,14-15,17,24H2,1-3H3. The van der Waals surface area contributed by atoms with E-state index in [4.69, 9.17) is 10.5 Å². The van der Waals surface area contributed by atoms with Gasteiger partial charge in [-0.1, -0.05) is 57.2 Å². The smallest absolute Gasteiger partial charge is 0.326 e. The van der Waals surface area contributed by atoms with E-state index in [1.165, 1.54) is 61.6 Å². The Kier molecular flexibility index (Phi) is 8.15. The molecule has 0 radical (unpaired) electrons. The van der Waals surface area contributed by atoms with Crippen molar-refractivity contribution in [2.75, 3.05) is 6.61 Å². The number of hydrogen-bond donors (Lipinski definition) is 1. The Morgan fingerprint density at radius 1 is 1.15 bits per heavy atom. The third kappa shape index (κ3) is 5.57. The van der Waals surface area contributed by atoms with Crippen molar-refractivity contribution in [3.63, 3.8) is 0 Å². The molecule has 0 fully saturated rings. The topological polar surface area (TPSA) is 52.3 Å². The van der Waals surface area contributed by atoms with Gasteiger partial charge < -0.3 is 10.5 Å². The van der Waals surface area contributed by atoms with Gasteiger partial charge in [0, 0.05) is 0 Å². The Hall–Kier alpha value is -1.35. The predicted octanol–water partition coefficient (Wildman–Crippen LogP) is 4.98. The van der Waals surface area contributed by atoms with Crippen molar-refractivity contribution < 1.29 is 9.53 Å². The minimum Gasteiger partial charge on any atom is -0.465 e. The molecule has 0 bridgehead atoms. The van der Waals surface area contributed by atoms with E-state index < -0.39 is 5.54 Å². The van der Waals surface area contributed by atoms with Crippen molar-refractivity contribution in [1.82, 2.24) is 0 Å². The number of carbonyl (C=O) groups is 1. The van der Waals surface area contributed by atoms with Gasteiger partial charge in [0.05, 0.1) is 6.61 Å². The average molecular weight is 360 g/mol. The van der Waals surface area contributed by atoms with Crippen LogP contribution in [-0.2, 0) is 28.8 Å². The van der Waals surface area contributed by atoms with Crippen LogP contribution < -0.4 is 5.73 Å². The highest BCUT2D eigenvalue weighted by Gasteiger charge is 2.40. The fourth-order valence-electron chi connectivity index (χ4n) is 4.04. The molecule has 1 aliphatic carbocycles. The number of aryl methyl sites for hydroxylation is 2. The number of unbranched alkanes of at least 4 members (excludes halogenated alkanes) is 5. The third-order valence-corrected chi connectivity index (χ3v) is 5.88. The Morgan fingerprint density at radius 3 is 2.62 bits per heavy atom. The van der Waals surface area contributed by atoms with Crippen molar-refractivity contribution in [2.45, 2.75) is 90.5 Å². The summed E-state index contributed by atoms with van der Waals surface area (Å²) < 4.78 is 5.18. The fourth-order valence-corrected chi connectivity index (χ4v) is 4.04. The van der Waals surface area contributed by atoms with Gasteiger partial charge in [-0.3, -0.25) is 4.79 Å². The molecular weight excluding hydrogens is 322 g/mol. The second kappa shape index (κ2) is 10.1. The van der Waals surface area contributed by atoms with Crippen LogP contribution in [0.3, 0.4) is 0 Å². The van der Waals surface area contributed by atoms with E-state index in [0.717, 1.165) is 19.3 Å². The monoisotopic (exact) mass is 359 g/mol. The summed E-state index contributed by atoms with van der Waals surface area (Å²) >= 11 is 0. The number of nitrogens with two attached hydrogens (primary N) is 1. The maximum absolute atomic E-state index is 12.2. The molecule has 2 unspecified atom stereocenters. The van der Waals surface area contributed by atoms with Gasteiger partial charge in [-0.15, -0.1) is 0 Å². The van der Waals surface area contributed by atoms with Crippen LogP contribution in [-0.4, -0.2) is 18.1 Å².